The molecule has 0 spiro atoms. The summed E-state index contributed by atoms with van der Waals surface area (Å²) < 4.78 is 6.22. The van der Waals surface area contributed by atoms with Gasteiger partial charge < -0.3 is 4.74 Å². The van der Waals surface area contributed by atoms with Crippen molar-refractivity contribution in [3.63, 3.8) is 0 Å². The lowest BCUT2D eigenvalue weighted by Gasteiger charge is -2.12. The molecule has 0 radical (unpaired) electrons. The zero-order chi connectivity index (χ0) is 15.7. The number of amides is 1. The summed E-state index contributed by atoms with van der Waals surface area (Å²) in [6.45, 7) is 2.19. The molecule has 1 aliphatic rings. The molecule has 3 rings (SSSR count). The molecule has 116 valence electrons. The first-order chi connectivity index (χ1) is 10.6. The van der Waals surface area contributed by atoms with Gasteiger partial charge in [-0.1, -0.05) is 23.1 Å². The van der Waals surface area contributed by atoms with E-state index >= 15 is 0 Å². The maximum atomic E-state index is 12.2. The van der Waals surface area contributed by atoms with Gasteiger partial charge in [0.15, 0.2) is 10.2 Å². The molecule has 1 saturated heterocycles. The van der Waals surface area contributed by atoms with E-state index in [2.05, 4.69) is 4.98 Å². The molecule has 0 N–H and O–H groups in total. The van der Waals surface area contributed by atoms with Crippen molar-refractivity contribution in [1.82, 2.24) is 4.98 Å². The zero-order valence-electron chi connectivity index (χ0n) is 12.4. The number of carbonyl (C=O) groups is 2. The van der Waals surface area contributed by atoms with Gasteiger partial charge in [-0.2, -0.15) is 0 Å². The molecule has 1 unspecified atom stereocenters. The van der Waals surface area contributed by atoms with Gasteiger partial charge in [-0.3, -0.25) is 14.5 Å². The third-order valence-corrected chi connectivity index (χ3v) is 5.63. The maximum Gasteiger partial charge on any atom is 0.229 e. The molecule has 1 amide bonds. The summed E-state index contributed by atoms with van der Waals surface area (Å²) in [6.07, 6.45) is 0.486. The molecule has 7 heteroatoms. The number of aromatic nitrogens is 1. The topological polar surface area (TPSA) is 59.5 Å². The van der Waals surface area contributed by atoms with E-state index in [1.54, 1.807) is 18.9 Å². The van der Waals surface area contributed by atoms with E-state index in [0.29, 0.717) is 18.7 Å². The van der Waals surface area contributed by atoms with E-state index in [1.165, 1.54) is 23.1 Å². The lowest BCUT2D eigenvalue weighted by atomic mass is 10.1. The zero-order valence-corrected chi connectivity index (χ0v) is 14.0. The average molecular weight is 336 g/mol. The standard InChI is InChI=1S/C15H16N2O3S2/c1-9(18)21-8-10-5-14(19)17(7-10)15-16-12-4-3-11(20-2)6-13(12)22-15/h3-4,6,10H,5,7-8H2,1-2H3. The number of thioether (sulfide) groups is 1. The number of anilines is 1. The molecule has 1 atom stereocenters. The molecule has 1 fully saturated rings. The van der Waals surface area contributed by atoms with Gasteiger partial charge in [0.05, 0.1) is 17.3 Å². The lowest BCUT2D eigenvalue weighted by molar-refractivity contribution is -0.117. The van der Waals surface area contributed by atoms with Gasteiger partial charge in [0.25, 0.3) is 0 Å². The molecule has 5 nitrogen and oxygen atoms in total. The minimum Gasteiger partial charge on any atom is -0.497 e. The number of ether oxygens (including phenoxy) is 1. The van der Waals surface area contributed by atoms with Crippen LogP contribution in [0.25, 0.3) is 10.2 Å². The number of thiazole rings is 1. The summed E-state index contributed by atoms with van der Waals surface area (Å²) in [5, 5.41) is 0.821. The Morgan fingerprint density at radius 1 is 1.55 bits per heavy atom. The summed E-state index contributed by atoms with van der Waals surface area (Å²) >= 11 is 2.78. The Morgan fingerprint density at radius 3 is 3.09 bits per heavy atom. The highest BCUT2D eigenvalue weighted by molar-refractivity contribution is 8.13. The smallest absolute Gasteiger partial charge is 0.229 e. The SMILES string of the molecule is COc1ccc2nc(N3CC(CSC(C)=O)CC3=O)sc2c1. The van der Waals surface area contributed by atoms with Crippen LogP contribution in [0.1, 0.15) is 13.3 Å². The Kier molecular flexibility index (Phi) is 4.35. The summed E-state index contributed by atoms with van der Waals surface area (Å²) in [6, 6.07) is 5.70. The summed E-state index contributed by atoms with van der Waals surface area (Å²) in [5.41, 5.74) is 0.871. The fourth-order valence-electron chi connectivity index (χ4n) is 2.45. The molecule has 2 aromatic rings. The van der Waals surface area contributed by atoms with Crippen molar-refractivity contribution < 1.29 is 14.3 Å². The molecule has 0 aliphatic carbocycles. The van der Waals surface area contributed by atoms with Gasteiger partial charge >= 0.3 is 0 Å². The number of nitrogens with zero attached hydrogens (tertiary/aromatic N) is 2. The van der Waals surface area contributed by atoms with Crippen LogP contribution in [0.15, 0.2) is 18.2 Å². The van der Waals surface area contributed by atoms with Crippen LogP contribution in [-0.4, -0.2) is 35.4 Å². The van der Waals surface area contributed by atoms with E-state index in [0.717, 1.165) is 21.1 Å². The third-order valence-electron chi connectivity index (χ3n) is 3.54. The Balaban J connectivity index is 1.78. The van der Waals surface area contributed by atoms with Gasteiger partial charge in [0.2, 0.25) is 5.91 Å². The summed E-state index contributed by atoms with van der Waals surface area (Å²) in [5.74, 6) is 1.77. The number of rotatable bonds is 4. The number of hydrogen-bond acceptors (Lipinski definition) is 6. The van der Waals surface area contributed by atoms with E-state index in [9.17, 15) is 9.59 Å². The Bertz CT molecular complexity index is 729. The van der Waals surface area contributed by atoms with Crippen molar-refractivity contribution in [3.05, 3.63) is 18.2 Å². The van der Waals surface area contributed by atoms with Crippen molar-refractivity contribution >= 4 is 49.5 Å². The molecule has 0 saturated carbocycles. The average Bonchev–Trinajstić information content (AvgIpc) is 3.07. The van der Waals surface area contributed by atoms with Crippen molar-refractivity contribution in [2.24, 2.45) is 5.92 Å². The van der Waals surface area contributed by atoms with Crippen LogP contribution >= 0.6 is 23.1 Å². The number of hydrogen-bond donors (Lipinski definition) is 0. The largest absolute Gasteiger partial charge is 0.497 e. The normalized spacial score (nSPS) is 18.2. The second-order valence-electron chi connectivity index (χ2n) is 5.21. The fraction of sp³-hybridized carbons (Fsp3) is 0.400. The van der Waals surface area contributed by atoms with Crippen molar-refractivity contribution in [2.75, 3.05) is 24.3 Å². The second-order valence-corrected chi connectivity index (χ2v) is 7.41. The van der Waals surface area contributed by atoms with Crippen LogP contribution in [0, 0.1) is 5.92 Å². The van der Waals surface area contributed by atoms with Gasteiger partial charge in [-0.05, 0) is 24.1 Å². The second kappa shape index (κ2) is 6.26. The minimum absolute atomic E-state index is 0.0835. The predicted molar refractivity (Wildman–Crippen MR) is 89.8 cm³/mol. The van der Waals surface area contributed by atoms with Crippen molar-refractivity contribution in [1.29, 1.82) is 0 Å². The number of fused-ring (bicyclic) bond motifs is 1. The highest BCUT2D eigenvalue weighted by Crippen LogP contribution is 2.35. The highest BCUT2D eigenvalue weighted by atomic mass is 32.2. The lowest BCUT2D eigenvalue weighted by Crippen LogP contribution is -2.24. The predicted octanol–water partition coefficient (Wildman–Crippen LogP) is 2.94. The Morgan fingerprint density at radius 2 is 2.36 bits per heavy atom. The van der Waals surface area contributed by atoms with Gasteiger partial charge in [-0.25, -0.2) is 4.98 Å². The number of carbonyl (C=O) groups excluding carboxylic acids is 2. The molecule has 0 bridgehead atoms. The molecular formula is C15H16N2O3S2. The van der Waals surface area contributed by atoms with Crippen LogP contribution in [0.2, 0.25) is 0 Å². The van der Waals surface area contributed by atoms with E-state index in [1.807, 2.05) is 18.2 Å². The van der Waals surface area contributed by atoms with Crippen LogP contribution in [-0.2, 0) is 9.59 Å². The molecule has 1 aromatic heterocycles. The third kappa shape index (κ3) is 3.10. The van der Waals surface area contributed by atoms with E-state index < -0.39 is 0 Å². The summed E-state index contributed by atoms with van der Waals surface area (Å²) in [7, 11) is 1.63. The monoisotopic (exact) mass is 336 g/mol. The van der Waals surface area contributed by atoms with Crippen LogP contribution in [0.5, 0.6) is 5.75 Å². The Labute approximate surface area is 136 Å². The van der Waals surface area contributed by atoms with E-state index in [4.69, 9.17) is 4.74 Å². The maximum absolute atomic E-state index is 12.2. The van der Waals surface area contributed by atoms with Gasteiger partial charge in [0.1, 0.15) is 5.75 Å². The van der Waals surface area contributed by atoms with E-state index in [-0.39, 0.29) is 16.9 Å². The molecular weight excluding hydrogens is 320 g/mol. The molecule has 1 aliphatic heterocycles. The van der Waals surface area contributed by atoms with Gasteiger partial charge in [0, 0.05) is 25.6 Å². The summed E-state index contributed by atoms with van der Waals surface area (Å²) in [4.78, 5) is 29.5. The number of benzene rings is 1. The Hall–Kier alpha value is -1.60. The first-order valence-electron chi connectivity index (χ1n) is 6.95. The first-order valence-corrected chi connectivity index (χ1v) is 8.75. The molecule has 1 aromatic carbocycles. The van der Waals surface area contributed by atoms with Crippen molar-refractivity contribution in [2.45, 2.75) is 13.3 Å². The minimum atomic E-state index is 0.0835. The molecule has 2 heterocycles. The van der Waals surface area contributed by atoms with Crippen LogP contribution in [0.4, 0.5) is 5.13 Å². The van der Waals surface area contributed by atoms with Crippen LogP contribution in [0.3, 0.4) is 0 Å². The van der Waals surface area contributed by atoms with Gasteiger partial charge in [-0.15, -0.1) is 0 Å². The van der Waals surface area contributed by atoms with Crippen LogP contribution < -0.4 is 9.64 Å². The molecule has 22 heavy (non-hydrogen) atoms. The fourth-order valence-corrected chi connectivity index (χ4v) is 4.16. The first kappa shape index (κ1) is 15.3. The number of methoxy groups -OCH3 is 1. The van der Waals surface area contributed by atoms with Crippen molar-refractivity contribution in [3.8, 4) is 5.75 Å². The highest BCUT2D eigenvalue weighted by Gasteiger charge is 2.32. The quantitative estimate of drug-likeness (QED) is 0.859.